The fraction of sp³-hybridized carbons (Fsp3) is 0.600. The second kappa shape index (κ2) is 5.08. The van der Waals surface area contributed by atoms with Gasteiger partial charge in [0.2, 0.25) is 0 Å². The molecule has 19 heavy (non-hydrogen) atoms. The van der Waals surface area contributed by atoms with Crippen LogP contribution in [-0.4, -0.2) is 11.6 Å². The second-order valence-corrected chi connectivity index (χ2v) is 6.96. The van der Waals surface area contributed by atoms with E-state index >= 15 is 0 Å². The average molecular weight is 276 g/mol. The zero-order valence-electron chi connectivity index (χ0n) is 11.5. The van der Waals surface area contributed by atoms with Crippen LogP contribution in [0.5, 0.6) is 0 Å². The van der Waals surface area contributed by atoms with Gasteiger partial charge in [0.05, 0.1) is 5.56 Å². The molecular formula is C15H20N2OS. The molecule has 1 aromatic rings. The number of rotatable bonds is 3. The summed E-state index contributed by atoms with van der Waals surface area (Å²) in [7, 11) is 0. The van der Waals surface area contributed by atoms with Crippen LogP contribution in [0.3, 0.4) is 0 Å². The summed E-state index contributed by atoms with van der Waals surface area (Å²) in [6, 6.07) is 1.98. The third-order valence-electron chi connectivity index (χ3n) is 4.26. The van der Waals surface area contributed by atoms with Gasteiger partial charge in [-0.2, -0.15) is 5.10 Å². The molecule has 2 saturated carbocycles. The van der Waals surface area contributed by atoms with Crippen molar-refractivity contribution in [1.29, 1.82) is 0 Å². The predicted molar refractivity (Wildman–Crippen MR) is 78.8 cm³/mol. The number of nitrogens with zero attached hydrogens (tertiary/aromatic N) is 1. The molecule has 1 heterocycles. The SMILES string of the molecule is CC(C)c1cc(C(=O)N/N=C2\C[C@H]3CC[C@@H]2C3)cs1. The van der Waals surface area contributed by atoms with Crippen LogP contribution in [0.4, 0.5) is 0 Å². The number of hydrogen-bond acceptors (Lipinski definition) is 3. The largest absolute Gasteiger partial charge is 0.272 e. The Morgan fingerprint density at radius 3 is 2.89 bits per heavy atom. The van der Waals surface area contributed by atoms with E-state index in [-0.39, 0.29) is 5.91 Å². The first kappa shape index (κ1) is 12.9. The minimum atomic E-state index is -0.0709. The molecular weight excluding hydrogens is 256 g/mol. The Morgan fingerprint density at radius 2 is 2.32 bits per heavy atom. The zero-order chi connectivity index (χ0) is 13.4. The van der Waals surface area contributed by atoms with E-state index in [1.54, 1.807) is 11.3 Å². The number of nitrogens with one attached hydrogen (secondary N) is 1. The van der Waals surface area contributed by atoms with Gasteiger partial charge in [-0.25, -0.2) is 5.43 Å². The smallest absolute Gasteiger partial charge is 0.267 e. The van der Waals surface area contributed by atoms with Gasteiger partial charge in [-0.05, 0) is 49.5 Å². The Balaban J connectivity index is 1.63. The third-order valence-corrected chi connectivity index (χ3v) is 5.50. The highest BCUT2D eigenvalue weighted by Crippen LogP contribution is 2.42. The third kappa shape index (κ3) is 2.59. The van der Waals surface area contributed by atoms with Gasteiger partial charge in [0.25, 0.3) is 5.91 Å². The van der Waals surface area contributed by atoms with E-state index in [0.717, 1.165) is 17.9 Å². The summed E-state index contributed by atoms with van der Waals surface area (Å²) in [6.07, 6.45) is 4.98. The topological polar surface area (TPSA) is 41.5 Å². The number of hydrazone groups is 1. The number of hydrogen-bond donors (Lipinski definition) is 1. The zero-order valence-corrected chi connectivity index (χ0v) is 12.3. The van der Waals surface area contributed by atoms with Gasteiger partial charge >= 0.3 is 0 Å². The Hall–Kier alpha value is -1.16. The molecule has 2 aliphatic carbocycles. The van der Waals surface area contributed by atoms with E-state index in [0.29, 0.717) is 11.8 Å². The number of amides is 1. The summed E-state index contributed by atoms with van der Waals surface area (Å²) < 4.78 is 0. The van der Waals surface area contributed by atoms with E-state index in [9.17, 15) is 4.79 Å². The van der Waals surface area contributed by atoms with E-state index in [1.165, 1.54) is 29.9 Å². The Labute approximate surface area is 118 Å². The number of fused-ring (bicyclic) bond motifs is 2. The van der Waals surface area contributed by atoms with Crippen LogP contribution in [0.25, 0.3) is 0 Å². The van der Waals surface area contributed by atoms with Gasteiger partial charge in [-0.3, -0.25) is 4.79 Å². The van der Waals surface area contributed by atoms with Crippen molar-refractivity contribution in [3.8, 4) is 0 Å². The maximum Gasteiger partial charge on any atom is 0.272 e. The molecule has 1 amide bonds. The molecule has 0 radical (unpaired) electrons. The summed E-state index contributed by atoms with van der Waals surface area (Å²) in [5, 5.41) is 6.28. The van der Waals surface area contributed by atoms with Crippen molar-refractivity contribution in [2.75, 3.05) is 0 Å². The lowest BCUT2D eigenvalue weighted by Crippen LogP contribution is -2.21. The van der Waals surface area contributed by atoms with Crippen molar-refractivity contribution >= 4 is 23.0 Å². The minimum Gasteiger partial charge on any atom is -0.267 e. The molecule has 0 aromatic carbocycles. The van der Waals surface area contributed by atoms with Crippen LogP contribution in [0.15, 0.2) is 16.5 Å². The summed E-state index contributed by atoms with van der Waals surface area (Å²) in [4.78, 5) is 13.3. The standard InChI is InChI=1S/C15H20N2OS/c1-9(2)14-7-12(8-19-14)15(18)17-16-13-6-10-3-4-11(13)5-10/h7-11H,3-6H2,1-2H3,(H,17,18)/b16-13+/t10-,11+/m0/s1. The van der Waals surface area contributed by atoms with Gasteiger partial charge < -0.3 is 0 Å². The van der Waals surface area contributed by atoms with Crippen molar-refractivity contribution in [3.05, 3.63) is 21.9 Å². The quantitative estimate of drug-likeness (QED) is 0.839. The molecule has 2 bridgehead atoms. The lowest BCUT2D eigenvalue weighted by atomic mass is 9.99. The highest BCUT2D eigenvalue weighted by atomic mass is 32.1. The van der Waals surface area contributed by atoms with Crippen molar-refractivity contribution in [2.45, 2.75) is 45.4 Å². The summed E-state index contributed by atoms with van der Waals surface area (Å²) >= 11 is 1.65. The Bertz CT molecular complexity index is 518. The summed E-state index contributed by atoms with van der Waals surface area (Å²) in [5.41, 5.74) is 4.68. The number of carbonyl (C=O) groups excluding carboxylic acids is 1. The van der Waals surface area contributed by atoms with Crippen LogP contribution in [0, 0.1) is 11.8 Å². The molecule has 4 heteroatoms. The summed E-state index contributed by atoms with van der Waals surface area (Å²) in [5.74, 6) is 1.87. The van der Waals surface area contributed by atoms with Crippen molar-refractivity contribution < 1.29 is 4.79 Å². The van der Waals surface area contributed by atoms with E-state index in [1.807, 2.05) is 11.4 Å². The van der Waals surface area contributed by atoms with Gasteiger partial charge in [0.1, 0.15) is 0 Å². The molecule has 0 saturated heterocycles. The Kier molecular flexibility index (Phi) is 3.44. The molecule has 1 aromatic heterocycles. The maximum absolute atomic E-state index is 12.0. The first-order valence-electron chi connectivity index (χ1n) is 7.08. The van der Waals surface area contributed by atoms with Crippen LogP contribution in [0.1, 0.15) is 60.7 Å². The fourth-order valence-electron chi connectivity index (χ4n) is 3.12. The van der Waals surface area contributed by atoms with Crippen LogP contribution >= 0.6 is 11.3 Å². The fourth-order valence-corrected chi connectivity index (χ4v) is 4.03. The van der Waals surface area contributed by atoms with Crippen molar-refractivity contribution in [3.63, 3.8) is 0 Å². The second-order valence-electron chi connectivity index (χ2n) is 6.02. The molecule has 2 aliphatic rings. The van der Waals surface area contributed by atoms with Crippen LogP contribution in [0.2, 0.25) is 0 Å². The monoisotopic (exact) mass is 276 g/mol. The minimum absolute atomic E-state index is 0.0709. The first-order valence-corrected chi connectivity index (χ1v) is 7.96. The first-order chi connectivity index (χ1) is 9.13. The molecule has 3 rings (SSSR count). The van der Waals surface area contributed by atoms with E-state index < -0.39 is 0 Å². The van der Waals surface area contributed by atoms with Gasteiger partial charge in [-0.15, -0.1) is 11.3 Å². The van der Waals surface area contributed by atoms with Crippen LogP contribution in [-0.2, 0) is 0 Å². The number of carbonyl (C=O) groups is 1. The van der Waals surface area contributed by atoms with Crippen LogP contribution < -0.4 is 5.43 Å². The molecule has 1 N–H and O–H groups in total. The molecule has 102 valence electrons. The lowest BCUT2D eigenvalue weighted by molar-refractivity contribution is 0.0955. The molecule has 2 fully saturated rings. The van der Waals surface area contributed by atoms with E-state index in [2.05, 4.69) is 24.4 Å². The van der Waals surface area contributed by atoms with Crippen molar-refractivity contribution in [2.24, 2.45) is 16.9 Å². The van der Waals surface area contributed by atoms with Crippen molar-refractivity contribution in [1.82, 2.24) is 5.43 Å². The lowest BCUT2D eigenvalue weighted by Gasteiger charge is -2.11. The summed E-state index contributed by atoms with van der Waals surface area (Å²) in [6.45, 7) is 4.28. The predicted octanol–water partition coefficient (Wildman–Crippen LogP) is 3.78. The normalized spacial score (nSPS) is 27.4. The van der Waals surface area contributed by atoms with Gasteiger partial charge in [0, 0.05) is 16.0 Å². The maximum atomic E-state index is 12.0. The Morgan fingerprint density at radius 1 is 1.47 bits per heavy atom. The highest BCUT2D eigenvalue weighted by Gasteiger charge is 2.36. The van der Waals surface area contributed by atoms with E-state index in [4.69, 9.17) is 0 Å². The molecule has 3 nitrogen and oxygen atoms in total. The van der Waals surface area contributed by atoms with Gasteiger partial charge in [-0.1, -0.05) is 13.8 Å². The average Bonchev–Trinajstić information content (AvgIpc) is 3.10. The molecule has 2 atom stereocenters. The number of thiophene rings is 1. The molecule has 0 aliphatic heterocycles. The molecule has 0 unspecified atom stereocenters. The molecule has 0 spiro atoms. The van der Waals surface area contributed by atoms with Gasteiger partial charge in [0.15, 0.2) is 0 Å². The highest BCUT2D eigenvalue weighted by molar-refractivity contribution is 7.10.